The Balaban J connectivity index is 2.41. The van der Waals surface area contributed by atoms with Crippen molar-refractivity contribution in [2.75, 3.05) is 0 Å². The summed E-state index contributed by atoms with van der Waals surface area (Å²) in [5.41, 5.74) is -0.228. The van der Waals surface area contributed by atoms with Crippen molar-refractivity contribution < 1.29 is 17.2 Å². The molecule has 0 spiro atoms. The fraction of sp³-hybridized carbons (Fsp3) is 0. The lowest BCUT2D eigenvalue weighted by molar-refractivity contribution is 0.555. The largest absolute Gasteiger partial charge is 0.264 e. The highest BCUT2D eigenvalue weighted by Crippen LogP contribution is 2.36. The Bertz CT molecular complexity index is 995. The van der Waals surface area contributed by atoms with Crippen molar-refractivity contribution in [1.82, 2.24) is 9.97 Å². The van der Waals surface area contributed by atoms with E-state index < -0.39 is 32.1 Å². The van der Waals surface area contributed by atoms with Crippen LogP contribution in [-0.4, -0.2) is 18.4 Å². The smallest absolute Gasteiger partial charge is 0.241 e. The second kappa shape index (κ2) is 6.06. The number of nitrogens with two attached hydrogens (primary N) is 1. The van der Waals surface area contributed by atoms with Crippen molar-refractivity contribution >= 4 is 10.0 Å². The second-order valence-corrected chi connectivity index (χ2v) is 6.48. The molecule has 5 nitrogen and oxygen atoms in total. The van der Waals surface area contributed by atoms with E-state index in [1.807, 2.05) is 0 Å². The molecule has 8 heteroatoms. The number of sulfonamides is 1. The van der Waals surface area contributed by atoms with Crippen molar-refractivity contribution in [2.24, 2.45) is 5.14 Å². The molecule has 1 aromatic carbocycles. The van der Waals surface area contributed by atoms with Crippen LogP contribution < -0.4 is 5.14 Å². The molecule has 0 saturated carbocycles. The van der Waals surface area contributed by atoms with Gasteiger partial charge in [0.05, 0.1) is 5.56 Å². The maximum absolute atomic E-state index is 14.9. The Labute approximate surface area is 136 Å². The molecule has 24 heavy (non-hydrogen) atoms. The first kappa shape index (κ1) is 16.2. The maximum atomic E-state index is 14.9. The Morgan fingerprint density at radius 2 is 1.50 bits per heavy atom. The highest BCUT2D eigenvalue weighted by atomic mass is 32.2. The molecule has 0 bridgehead atoms. The minimum absolute atomic E-state index is 0.100. The van der Waals surface area contributed by atoms with Gasteiger partial charge in [-0.1, -0.05) is 12.1 Å². The molecule has 3 aromatic rings. The van der Waals surface area contributed by atoms with E-state index in [0.717, 1.165) is 6.07 Å². The van der Waals surface area contributed by atoms with Crippen molar-refractivity contribution in [3.63, 3.8) is 0 Å². The predicted octanol–water partition coefficient (Wildman–Crippen LogP) is 2.74. The molecule has 0 unspecified atom stereocenters. The normalized spacial score (nSPS) is 11.5. The van der Waals surface area contributed by atoms with Gasteiger partial charge in [-0.25, -0.2) is 22.3 Å². The van der Waals surface area contributed by atoms with Crippen LogP contribution in [0.15, 0.2) is 60.0 Å². The molecule has 2 heterocycles. The zero-order valence-electron chi connectivity index (χ0n) is 12.1. The van der Waals surface area contributed by atoms with Crippen molar-refractivity contribution in [3.05, 3.63) is 66.8 Å². The molecule has 122 valence electrons. The van der Waals surface area contributed by atoms with Crippen molar-refractivity contribution in [1.29, 1.82) is 0 Å². The van der Waals surface area contributed by atoms with E-state index in [4.69, 9.17) is 5.14 Å². The molecule has 0 fully saturated rings. The van der Waals surface area contributed by atoms with Crippen LogP contribution in [0, 0.1) is 11.6 Å². The molecule has 0 aliphatic carbocycles. The van der Waals surface area contributed by atoms with E-state index in [1.54, 1.807) is 6.07 Å². The summed E-state index contributed by atoms with van der Waals surface area (Å²) >= 11 is 0. The molecule has 2 aromatic heterocycles. The Hall–Kier alpha value is -2.71. The van der Waals surface area contributed by atoms with Crippen molar-refractivity contribution in [3.8, 4) is 22.3 Å². The van der Waals surface area contributed by atoms with Gasteiger partial charge in [-0.3, -0.25) is 9.97 Å². The topological polar surface area (TPSA) is 85.9 Å². The third kappa shape index (κ3) is 2.89. The van der Waals surface area contributed by atoms with Crippen LogP contribution >= 0.6 is 0 Å². The third-order valence-electron chi connectivity index (χ3n) is 3.40. The number of hydrogen-bond donors (Lipinski definition) is 1. The van der Waals surface area contributed by atoms with Gasteiger partial charge in [0.15, 0.2) is 5.82 Å². The van der Waals surface area contributed by atoms with Crippen LogP contribution in [0.3, 0.4) is 0 Å². The van der Waals surface area contributed by atoms with Crippen LogP contribution in [0.2, 0.25) is 0 Å². The molecule has 3 rings (SSSR count). The van der Waals surface area contributed by atoms with Crippen LogP contribution in [0.4, 0.5) is 8.78 Å². The fourth-order valence-corrected chi connectivity index (χ4v) is 2.95. The fourth-order valence-electron chi connectivity index (χ4n) is 2.32. The zero-order valence-corrected chi connectivity index (χ0v) is 13.0. The van der Waals surface area contributed by atoms with Crippen LogP contribution in [0.1, 0.15) is 0 Å². The lowest BCUT2D eigenvalue weighted by Gasteiger charge is -2.13. The molecule has 2 N–H and O–H groups in total. The number of nitrogens with zero attached hydrogens (tertiary/aromatic N) is 2. The lowest BCUT2D eigenvalue weighted by Crippen LogP contribution is -2.15. The minimum Gasteiger partial charge on any atom is -0.264 e. The van der Waals surface area contributed by atoms with Gasteiger partial charge in [0.1, 0.15) is 10.7 Å². The van der Waals surface area contributed by atoms with E-state index in [-0.39, 0.29) is 11.1 Å². The standard InChI is InChI=1S/C16H11F2N3O2S/c17-15-12(10-3-1-5-20-8-10)7-13(24(19,22)23)16(18)14(15)11-4-2-6-21-9-11/h1-9H,(H2,19,22,23). The molecule has 0 atom stereocenters. The number of primary sulfonamides is 1. The third-order valence-corrected chi connectivity index (χ3v) is 4.31. The van der Waals surface area contributed by atoms with E-state index >= 15 is 0 Å². The number of benzene rings is 1. The Morgan fingerprint density at radius 1 is 0.917 bits per heavy atom. The molecule has 0 radical (unpaired) electrons. The summed E-state index contributed by atoms with van der Waals surface area (Å²) in [7, 11) is -4.39. The van der Waals surface area contributed by atoms with E-state index in [2.05, 4.69) is 9.97 Å². The van der Waals surface area contributed by atoms with Crippen LogP contribution in [0.5, 0.6) is 0 Å². The zero-order chi connectivity index (χ0) is 17.3. The number of aromatic nitrogens is 2. The van der Waals surface area contributed by atoms with E-state index in [0.29, 0.717) is 5.56 Å². The lowest BCUT2D eigenvalue weighted by atomic mass is 9.99. The van der Waals surface area contributed by atoms with Gasteiger partial charge < -0.3 is 0 Å². The summed E-state index contributed by atoms with van der Waals surface area (Å²) < 4.78 is 53.0. The molecule has 0 aliphatic heterocycles. The maximum Gasteiger partial charge on any atom is 0.241 e. The van der Waals surface area contributed by atoms with Gasteiger partial charge in [0, 0.05) is 41.5 Å². The van der Waals surface area contributed by atoms with Gasteiger partial charge in [-0.05, 0) is 18.2 Å². The van der Waals surface area contributed by atoms with Gasteiger partial charge in [-0.2, -0.15) is 0 Å². The first-order valence-electron chi connectivity index (χ1n) is 6.75. The number of hydrogen-bond acceptors (Lipinski definition) is 4. The second-order valence-electron chi connectivity index (χ2n) is 4.95. The van der Waals surface area contributed by atoms with Gasteiger partial charge in [0.25, 0.3) is 0 Å². The molecular weight excluding hydrogens is 336 g/mol. The van der Waals surface area contributed by atoms with Crippen molar-refractivity contribution in [2.45, 2.75) is 4.90 Å². The van der Waals surface area contributed by atoms with Crippen LogP contribution in [-0.2, 0) is 10.0 Å². The van der Waals surface area contributed by atoms with Gasteiger partial charge >= 0.3 is 0 Å². The van der Waals surface area contributed by atoms with Gasteiger partial charge in [0.2, 0.25) is 10.0 Å². The summed E-state index contributed by atoms with van der Waals surface area (Å²) in [6, 6.07) is 6.87. The summed E-state index contributed by atoms with van der Waals surface area (Å²) in [6.07, 6.45) is 5.50. The average molecular weight is 347 g/mol. The molecule has 0 saturated heterocycles. The first-order valence-corrected chi connectivity index (χ1v) is 8.30. The highest BCUT2D eigenvalue weighted by molar-refractivity contribution is 7.89. The number of rotatable bonds is 3. The summed E-state index contributed by atoms with van der Waals surface area (Å²) in [5, 5.41) is 5.08. The van der Waals surface area contributed by atoms with Gasteiger partial charge in [-0.15, -0.1) is 0 Å². The highest BCUT2D eigenvalue weighted by Gasteiger charge is 2.26. The number of halogens is 2. The predicted molar refractivity (Wildman–Crippen MR) is 84.2 cm³/mol. The van der Waals surface area contributed by atoms with E-state index in [9.17, 15) is 17.2 Å². The average Bonchev–Trinajstić information content (AvgIpc) is 2.56. The summed E-state index contributed by atoms with van der Waals surface area (Å²) in [5.74, 6) is -2.17. The van der Waals surface area contributed by atoms with Crippen LogP contribution in [0.25, 0.3) is 22.3 Å². The Kier molecular flexibility index (Phi) is 4.08. The van der Waals surface area contributed by atoms with E-state index in [1.165, 1.54) is 43.0 Å². The molecule has 0 amide bonds. The quantitative estimate of drug-likeness (QED) is 0.789. The monoisotopic (exact) mass is 347 g/mol. The first-order chi connectivity index (χ1) is 11.4. The summed E-state index contributed by atoms with van der Waals surface area (Å²) in [4.78, 5) is 6.89. The SMILES string of the molecule is NS(=O)(=O)c1cc(-c2cccnc2)c(F)c(-c2cccnc2)c1F. The molecular formula is C16H11F2N3O2S. The number of pyridine rings is 2. The molecule has 0 aliphatic rings. The minimum atomic E-state index is -4.39. The Morgan fingerprint density at radius 3 is 2.00 bits per heavy atom. The summed E-state index contributed by atoms with van der Waals surface area (Å²) in [6.45, 7) is 0.